The molecule has 0 unspecified atom stereocenters. The summed E-state index contributed by atoms with van der Waals surface area (Å²) in [6, 6.07) is 8.59. The summed E-state index contributed by atoms with van der Waals surface area (Å²) in [6.45, 7) is 6.44. The zero-order valence-electron chi connectivity index (χ0n) is 19.3. The third-order valence-corrected chi connectivity index (χ3v) is 5.55. The van der Waals surface area contributed by atoms with Crippen LogP contribution in [0.2, 0.25) is 0 Å². The van der Waals surface area contributed by atoms with Crippen LogP contribution in [-0.2, 0) is 15.8 Å². The minimum absolute atomic E-state index is 0.0429. The number of hydrogen-bond donors (Lipinski definition) is 1. The number of aromatic nitrogens is 2. The average molecular weight is 480 g/mol. The molecular formula is C23H28F3N5O3. The Morgan fingerprint density at radius 3 is 2.59 bits per heavy atom. The van der Waals surface area contributed by atoms with Gasteiger partial charge in [-0.3, -0.25) is 4.84 Å². The first-order chi connectivity index (χ1) is 16.0. The molecule has 1 aromatic carbocycles. The van der Waals surface area contributed by atoms with Crippen LogP contribution in [0.3, 0.4) is 0 Å². The number of hydrogen-bond acceptors (Lipinski definition) is 7. The molecule has 1 aromatic heterocycles. The van der Waals surface area contributed by atoms with Crippen molar-refractivity contribution >= 4 is 17.9 Å². The molecule has 2 aliphatic rings. The Kier molecular flexibility index (Phi) is 6.57. The highest BCUT2D eigenvalue weighted by Crippen LogP contribution is 2.41. The van der Waals surface area contributed by atoms with Crippen molar-refractivity contribution in [2.75, 3.05) is 30.1 Å². The van der Waals surface area contributed by atoms with Crippen LogP contribution in [-0.4, -0.2) is 52.3 Å². The van der Waals surface area contributed by atoms with E-state index in [2.05, 4.69) is 15.3 Å². The van der Waals surface area contributed by atoms with Gasteiger partial charge in [0.2, 0.25) is 5.95 Å². The highest BCUT2D eigenvalue weighted by atomic mass is 19.4. The first-order valence-electron chi connectivity index (χ1n) is 11.2. The molecule has 0 saturated carbocycles. The van der Waals surface area contributed by atoms with Gasteiger partial charge in [-0.2, -0.15) is 18.2 Å². The van der Waals surface area contributed by atoms with Crippen molar-refractivity contribution < 1.29 is 27.5 Å². The molecule has 184 valence electrons. The van der Waals surface area contributed by atoms with Gasteiger partial charge >= 0.3 is 12.3 Å². The number of halogens is 3. The van der Waals surface area contributed by atoms with Gasteiger partial charge in [0.05, 0.1) is 12.6 Å². The van der Waals surface area contributed by atoms with Crippen LogP contribution in [0.5, 0.6) is 0 Å². The number of carbonyl (C=O) groups excluding carboxylic acids is 1. The van der Waals surface area contributed by atoms with Gasteiger partial charge in [0, 0.05) is 31.7 Å². The van der Waals surface area contributed by atoms with Crippen molar-refractivity contribution in [3.63, 3.8) is 0 Å². The number of alkyl halides is 3. The summed E-state index contributed by atoms with van der Waals surface area (Å²) >= 11 is 0. The molecule has 1 N–H and O–H groups in total. The first kappa shape index (κ1) is 24.1. The van der Waals surface area contributed by atoms with Crippen molar-refractivity contribution in [1.29, 1.82) is 0 Å². The first-order valence-corrected chi connectivity index (χ1v) is 11.2. The van der Waals surface area contributed by atoms with Gasteiger partial charge in [-0.15, -0.1) is 0 Å². The molecule has 4 rings (SSSR count). The molecule has 2 saturated heterocycles. The minimum atomic E-state index is -4.65. The Hall–Kier alpha value is -3.08. The Labute approximate surface area is 196 Å². The molecule has 2 atom stereocenters. The second-order valence-corrected chi connectivity index (χ2v) is 9.36. The highest BCUT2D eigenvalue weighted by Gasteiger charge is 2.41. The molecule has 2 aromatic rings. The van der Waals surface area contributed by atoms with Gasteiger partial charge < -0.3 is 15.0 Å². The maximum atomic E-state index is 13.8. The zero-order chi connectivity index (χ0) is 24.5. The van der Waals surface area contributed by atoms with E-state index in [0.29, 0.717) is 25.9 Å². The predicted octanol–water partition coefficient (Wildman–Crippen LogP) is 4.80. The largest absolute Gasteiger partial charge is 0.444 e. The molecule has 2 fully saturated rings. The molecule has 0 radical (unpaired) electrons. The van der Waals surface area contributed by atoms with Crippen LogP contribution in [0.25, 0.3) is 0 Å². The molecule has 34 heavy (non-hydrogen) atoms. The molecule has 0 bridgehead atoms. The van der Waals surface area contributed by atoms with Crippen molar-refractivity contribution in [3.05, 3.63) is 47.7 Å². The standard InChI is InChI=1S/C23H28F3N5O3/c1-22(2,3)34-21(32)30-11-9-16(14-30)28-20-27-13-17(23(24,25)26)19(29-20)31-18(10-12-33-31)15-7-5-4-6-8-15/h4-8,13,16,18H,9-12,14H2,1-3H3,(H,27,28,29)/t16-,18-/m0/s1. The summed E-state index contributed by atoms with van der Waals surface area (Å²) in [5, 5.41) is 4.29. The summed E-state index contributed by atoms with van der Waals surface area (Å²) < 4.78 is 46.8. The van der Waals surface area contributed by atoms with Gasteiger partial charge in [0.15, 0.2) is 5.82 Å². The predicted molar refractivity (Wildman–Crippen MR) is 119 cm³/mol. The molecular weight excluding hydrogens is 451 g/mol. The van der Waals surface area contributed by atoms with E-state index in [1.54, 1.807) is 25.7 Å². The summed E-state index contributed by atoms with van der Waals surface area (Å²) in [6.07, 6.45) is -3.19. The van der Waals surface area contributed by atoms with Gasteiger partial charge in [0.25, 0.3) is 0 Å². The lowest BCUT2D eigenvalue weighted by Gasteiger charge is -2.27. The van der Waals surface area contributed by atoms with Crippen LogP contribution < -0.4 is 10.4 Å². The van der Waals surface area contributed by atoms with Gasteiger partial charge in [0.1, 0.15) is 11.2 Å². The molecule has 11 heteroatoms. The van der Waals surface area contributed by atoms with Gasteiger partial charge in [-0.1, -0.05) is 30.3 Å². The molecule has 2 aliphatic heterocycles. The van der Waals surface area contributed by atoms with Crippen molar-refractivity contribution in [3.8, 4) is 0 Å². The fourth-order valence-electron chi connectivity index (χ4n) is 4.02. The SMILES string of the molecule is CC(C)(C)OC(=O)N1CC[C@H](Nc2ncc(C(F)(F)F)c(N3OCC[C@H]3c3ccccc3)n2)C1. The lowest BCUT2D eigenvalue weighted by molar-refractivity contribution is -0.138. The van der Waals surface area contributed by atoms with Crippen molar-refractivity contribution in [1.82, 2.24) is 14.9 Å². The fourth-order valence-corrected chi connectivity index (χ4v) is 4.02. The Morgan fingerprint density at radius 2 is 1.91 bits per heavy atom. The smallest absolute Gasteiger partial charge is 0.421 e. The average Bonchev–Trinajstić information content (AvgIpc) is 3.42. The fraction of sp³-hybridized carbons (Fsp3) is 0.522. The van der Waals surface area contributed by atoms with Crippen molar-refractivity contribution in [2.24, 2.45) is 0 Å². The van der Waals surface area contributed by atoms with Crippen LogP contribution >= 0.6 is 0 Å². The number of hydroxylamine groups is 1. The monoisotopic (exact) mass is 479 g/mol. The number of ether oxygens (including phenoxy) is 1. The summed E-state index contributed by atoms with van der Waals surface area (Å²) in [5.74, 6) is -0.292. The van der Waals surface area contributed by atoms with Crippen LogP contribution in [0, 0.1) is 0 Å². The number of nitrogens with zero attached hydrogens (tertiary/aromatic N) is 4. The maximum Gasteiger partial charge on any atom is 0.421 e. The Balaban J connectivity index is 1.54. The normalized spacial score (nSPS) is 21.1. The molecule has 3 heterocycles. The molecule has 0 aliphatic carbocycles. The molecule has 0 spiro atoms. The zero-order valence-corrected chi connectivity index (χ0v) is 19.3. The number of benzene rings is 1. The number of rotatable bonds is 4. The Morgan fingerprint density at radius 1 is 1.18 bits per heavy atom. The summed E-state index contributed by atoms with van der Waals surface area (Å²) in [5.41, 5.74) is -0.744. The van der Waals surface area contributed by atoms with Gasteiger partial charge in [-0.05, 0) is 32.8 Å². The minimum Gasteiger partial charge on any atom is -0.444 e. The van der Waals surface area contributed by atoms with E-state index in [9.17, 15) is 18.0 Å². The van der Waals surface area contributed by atoms with E-state index in [-0.39, 0.29) is 24.4 Å². The third-order valence-electron chi connectivity index (χ3n) is 5.55. The number of amides is 1. The van der Waals surface area contributed by atoms with E-state index < -0.39 is 29.5 Å². The highest BCUT2D eigenvalue weighted by molar-refractivity contribution is 5.68. The number of likely N-dealkylation sites (tertiary alicyclic amines) is 1. The van der Waals surface area contributed by atoms with E-state index in [4.69, 9.17) is 9.57 Å². The lowest BCUT2D eigenvalue weighted by Crippen LogP contribution is -2.36. The van der Waals surface area contributed by atoms with E-state index in [1.807, 2.05) is 30.3 Å². The lowest BCUT2D eigenvalue weighted by atomic mass is 10.0. The van der Waals surface area contributed by atoms with Crippen LogP contribution in [0.1, 0.15) is 50.8 Å². The summed E-state index contributed by atoms with van der Waals surface area (Å²) in [4.78, 5) is 27.6. The van der Waals surface area contributed by atoms with Crippen LogP contribution in [0.15, 0.2) is 36.5 Å². The van der Waals surface area contributed by atoms with Crippen LogP contribution in [0.4, 0.5) is 29.7 Å². The quantitative estimate of drug-likeness (QED) is 0.675. The second kappa shape index (κ2) is 9.28. The topological polar surface area (TPSA) is 79.8 Å². The number of nitrogens with one attached hydrogen (secondary N) is 1. The molecule has 8 nitrogen and oxygen atoms in total. The van der Waals surface area contributed by atoms with E-state index >= 15 is 0 Å². The van der Waals surface area contributed by atoms with Crippen molar-refractivity contribution in [2.45, 2.75) is 57.5 Å². The van der Waals surface area contributed by atoms with E-state index in [0.717, 1.165) is 11.8 Å². The van der Waals surface area contributed by atoms with Gasteiger partial charge in [-0.25, -0.2) is 14.8 Å². The third kappa shape index (κ3) is 5.52. The summed E-state index contributed by atoms with van der Waals surface area (Å²) in [7, 11) is 0. The maximum absolute atomic E-state index is 13.8. The number of carbonyl (C=O) groups is 1. The molecule has 1 amide bonds. The Bertz CT molecular complexity index is 1010. The van der Waals surface area contributed by atoms with E-state index in [1.165, 1.54) is 5.06 Å². The number of anilines is 2. The second-order valence-electron chi connectivity index (χ2n) is 9.36.